The van der Waals surface area contributed by atoms with Crippen LogP contribution in [0.5, 0.6) is 0 Å². The third-order valence-corrected chi connectivity index (χ3v) is 4.10. The van der Waals surface area contributed by atoms with Crippen molar-refractivity contribution in [3.05, 3.63) is 71.6 Å². The zero-order valence-electron chi connectivity index (χ0n) is 14.4. The molecule has 0 fully saturated rings. The molecule has 1 amide bonds. The van der Waals surface area contributed by atoms with Gasteiger partial charge in [-0.05, 0) is 25.0 Å². The Balaban J connectivity index is 1.55. The van der Waals surface area contributed by atoms with E-state index in [4.69, 9.17) is 4.52 Å². The molecular weight excluding hydrogens is 314 g/mol. The van der Waals surface area contributed by atoms with E-state index in [-0.39, 0.29) is 11.9 Å². The van der Waals surface area contributed by atoms with Gasteiger partial charge in [-0.15, -0.1) is 0 Å². The normalized spacial score (nSPS) is 11.9. The van der Waals surface area contributed by atoms with E-state index in [9.17, 15) is 4.79 Å². The second-order valence-electron chi connectivity index (χ2n) is 6.03. The van der Waals surface area contributed by atoms with Crippen LogP contribution in [-0.4, -0.2) is 16.0 Å². The topological polar surface area (TPSA) is 68.0 Å². The second-order valence-corrected chi connectivity index (χ2v) is 6.03. The number of benzene rings is 2. The van der Waals surface area contributed by atoms with Crippen LogP contribution in [0, 0.1) is 6.92 Å². The molecule has 1 aromatic heterocycles. The molecule has 3 aromatic rings. The van der Waals surface area contributed by atoms with E-state index in [1.807, 2.05) is 68.4 Å². The Labute approximate surface area is 147 Å². The Morgan fingerprint density at radius 3 is 2.60 bits per heavy atom. The number of nitrogens with zero attached hydrogens (tertiary/aromatic N) is 2. The molecule has 5 heteroatoms. The van der Waals surface area contributed by atoms with Crippen LogP contribution in [-0.2, 0) is 11.2 Å². The lowest BCUT2D eigenvalue weighted by Crippen LogP contribution is -2.26. The molecule has 25 heavy (non-hydrogen) atoms. The summed E-state index contributed by atoms with van der Waals surface area (Å²) >= 11 is 0. The van der Waals surface area contributed by atoms with Gasteiger partial charge in [0.15, 0.2) is 0 Å². The van der Waals surface area contributed by atoms with Gasteiger partial charge in [-0.3, -0.25) is 4.79 Å². The summed E-state index contributed by atoms with van der Waals surface area (Å²) < 4.78 is 5.27. The Kier molecular flexibility index (Phi) is 5.23. The van der Waals surface area contributed by atoms with E-state index in [0.29, 0.717) is 24.6 Å². The molecule has 0 bridgehead atoms. The Morgan fingerprint density at radius 1 is 1.12 bits per heavy atom. The number of hydrogen-bond acceptors (Lipinski definition) is 4. The third kappa shape index (κ3) is 4.32. The van der Waals surface area contributed by atoms with Gasteiger partial charge in [0.1, 0.15) is 0 Å². The van der Waals surface area contributed by atoms with Crippen molar-refractivity contribution in [3.8, 4) is 11.4 Å². The summed E-state index contributed by atoms with van der Waals surface area (Å²) in [5.74, 6) is 0.999. The van der Waals surface area contributed by atoms with Crippen LogP contribution in [0.4, 0.5) is 0 Å². The highest BCUT2D eigenvalue weighted by Gasteiger charge is 2.13. The minimum Gasteiger partial charge on any atom is -0.350 e. The molecule has 128 valence electrons. The third-order valence-electron chi connectivity index (χ3n) is 4.10. The number of aromatic nitrogens is 2. The molecule has 0 aliphatic carbocycles. The Hall–Kier alpha value is -2.95. The fraction of sp³-hybridized carbons (Fsp3) is 0.250. The molecule has 0 spiro atoms. The molecule has 1 heterocycles. The molecule has 2 aromatic carbocycles. The van der Waals surface area contributed by atoms with Crippen LogP contribution in [0.25, 0.3) is 11.4 Å². The van der Waals surface area contributed by atoms with Crippen molar-refractivity contribution in [2.24, 2.45) is 0 Å². The van der Waals surface area contributed by atoms with E-state index in [2.05, 4.69) is 15.5 Å². The Morgan fingerprint density at radius 2 is 1.84 bits per heavy atom. The summed E-state index contributed by atoms with van der Waals surface area (Å²) in [4.78, 5) is 16.5. The van der Waals surface area contributed by atoms with Crippen molar-refractivity contribution in [2.45, 2.75) is 32.7 Å². The smallest absolute Gasteiger partial charge is 0.227 e. The van der Waals surface area contributed by atoms with Gasteiger partial charge < -0.3 is 9.84 Å². The molecule has 0 unspecified atom stereocenters. The zero-order chi connectivity index (χ0) is 17.6. The van der Waals surface area contributed by atoms with Crippen LogP contribution >= 0.6 is 0 Å². The number of carbonyl (C=O) groups excluding carboxylic acids is 1. The molecule has 5 nitrogen and oxygen atoms in total. The largest absolute Gasteiger partial charge is 0.350 e. The van der Waals surface area contributed by atoms with Gasteiger partial charge in [0.2, 0.25) is 17.6 Å². The highest BCUT2D eigenvalue weighted by Crippen LogP contribution is 2.20. The average Bonchev–Trinajstić information content (AvgIpc) is 3.10. The maximum Gasteiger partial charge on any atom is 0.227 e. The summed E-state index contributed by atoms with van der Waals surface area (Å²) in [7, 11) is 0. The molecule has 0 saturated heterocycles. The summed E-state index contributed by atoms with van der Waals surface area (Å²) in [6.45, 7) is 3.97. The average molecular weight is 335 g/mol. The highest BCUT2D eigenvalue weighted by molar-refractivity contribution is 5.76. The first-order valence-electron chi connectivity index (χ1n) is 8.36. The first kappa shape index (κ1) is 16.9. The number of aryl methyl sites for hydroxylation is 2. The summed E-state index contributed by atoms with van der Waals surface area (Å²) in [5.41, 5.74) is 3.11. The molecule has 0 aliphatic heterocycles. The predicted molar refractivity (Wildman–Crippen MR) is 95.8 cm³/mol. The van der Waals surface area contributed by atoms with Gasteiger partial charge in [-0.1, -0.05) is 59.8 Å². The fourth-order valence-corrected chi connectivity index (χ4v) is 2.65. The Bertz CT molecular complexity index is 843. The first-order valence-corrected chi connectivity index (χ1v) is 8.36. The highest BCUT2D eigenvalue weighted by atomic mass is 16.5. The van der Waals surface area contributed by atoms with Gasteiger partial charge in [0.25, 0.3) is 0 Å². The molecule has 1 N–H and O–H groups in total. The van der Waals surface area contributed by atoms with Gasteiger partial charge in [0, 0.05) is 18.4 Å². The molecule has 0 radical (unpaired) electrons. The maximum absolute atomic E-state index is 12.1. The van der Waals surface area contributed by atoms with E-state index >= 15 is 0 Å². The van der Waals surface area contributed by atoms with Crippen LogP contribution in [0.1, 0.15) is 36.4 Å². The van der Waals surface area contributed by atoms with Gasteiger partial charge in [-0.2, -0.15) is 4.98 Å². The fourth-order valence-electron chi connectivity index (χ4n) is 2.65. The van der Waals surface area contributed by atoms with Gasteiger partial charge in [0.05, 0.1) is 6.04 Å². The van der Waals surface area contributed by atoms with Gasteiger partial charge in [-0.25, -0.2) is 0 Å². The number of hydrogen-bond donors (Lipinski definition) is 1. The van der Waals surface area contributed by atoms with Crippen molar-refractivity contribution >= 4 is 5.91 Å². The lowest BCUT2D eigenvalue weighted by Gasteiger charge is -2.13. The van der Waals surface area contributed by atoms with Crippen LogP contribution < -0.4 is 5.32 Å². The molecule has 0 saturated carbocycles. The number of amides is 1. The lowest BCUT2D eigenvalue weighted by molar-refractivity contribution is -0.121. The van der Waals surface area contributed by atoms with Crippen LogP contribution in [0.15, 0.2) is 59.1 Å². The standard InChI is InChI=1S/C20H21N3O2/c1-14-8-6-7-11-17(14)20-22-19(25-23-20)13-12-18(24)21-15(2)16-9-4-3-5-10-16/h3-11,15H,12-13H2,1-2H3,(H,21,24)/t15-/m0/s1. The number of nitrogens with one attached hydrogen (secondary N) is 1. The molecule has 1 atom stereocenters. The van der Waals surface area contributed by atoms with Crippen LogP contribution in [0.2, 0.25) is 0 Å². The summed E-state index contributed by atoms with van der Waals surface area (Å²) in [6, 6.07) is 17.7. The van der Waals surface area contributed by atoms with Crippen molar-refractivity contribution < 1.29 is 9.32 Å². The molecular formula is C20H21N3O2. The zero-order valence-corrected chi connectivity index (χ0v) is 14.4. The summed E-state index contributed by atoms with van der Waals surface area (Å²) in [5, 5.41) is 7.00. The van der Waals surface area contributed by atoms with Crippen LogP contribution in [0.3, 0.4) is 0 Å². The van der Waals surface area contributed by atoms with E-state index in [0.717, 1.165) is 16.7 Å². The van der Waals surface area contributed by atoms with E-state index in [1.165, 1.54) is 0 Å². The van der Waals surface area contributed by atoms with Gasteiger partial charge >= 0.3 is 0 Å². The molecule has 3 rings (SSSR count). The van der Waals surface area contributed by atoms with Crippen molar-refractivity contribution in [3.63, 3.8) is 0 Å². The monoisotopic (exact) mass is 335 g/mol. The first-order chi connectivity index (χ1) is 12.1. The van der Waals surface area contributed by atoms with Crippen molar-refractivity contribution in [2.75, 3.05) is 0 Å². The maximum atomic E-state index is 12.1. The van der Waals surface area contributed by atoms with Crippen molar-refractivity contribution in [1.29, 1.82) is 0 Å². The minimum absolute atomic E-state index is 0.0288. The second kappa shape index (κ2) is 7.75. The minimum atomic E-state index is -0.0352. The molecule has 0 aliphatic rings. The number of rotatable bonds is 6. The van der Waals surface area contributed by atoms with Crippen molar-refractivity contribution in [1.82, 2.24) is 15.5 Å². The lowest BCUT2D eigenvalue weighted by atomic mass is 10.1. The predicted octanol–water partition coefficient (Wildman–Crippen LogP) is 3.86. The quantitative estimate of drug-likeness (QED) is 0.743. The van der Waals surface area contributed by atoms with E-state index < -0.39 is 0 Å². The summed E-state index contributed by atoms with van der Waals surface area (Å²) in [6.07, 6.45) is 0.735. The SMILES string of the molecule is Cc1ccccc1-c1noc(CCC(=O)N[C@@H](C)c2ccccc2)n1. The number of carbonyl (C=O) groups is 1. The van der Waals surface area contributed by atoms with E-state index in [1.54, 1.807) is 0 Å².